The van der Waals surface area contributed by atoms with Gasteiger partial charge in [-0.15, -0.1) is 0 Å². The Bertz CT molecular complexity index is 1170. The summed E-state index contributed by atoms with van der Waals surface area (Å²) in [4.78, 5) is 64.4. The van der Waals surface area contributed by atoms with Gasteiger partial charge in [0.1, 0.15) is 18.1 Å². The number of aliphatic hydroxyl groups is 1. The molecule has 0 spiro atoms. The van der Waals surface area contributed by atoms with Gasteiger partial charge in [-0.2, -0.15) is 11.8 Å². The molecule has 5 unspecified atom stereocenters. The number of thioether (sulfide) groups is 1. The van der Waals surface area contributed by atoms with E-state index in [1.807, 2.05) is 24.3 Å². The van der Waals surface area contributed by atoms with Gasteiger partial charge in [-0.25, -0.2) is 4.79 Å². The number of hydrogen-bond acceptors (Lipinski definition) is 8. The molecule has 10 N–H and O–H groups in total. The van der Waals surface area contributed by atoms with Gasteiger partial charge in [-0.05, 0) is 49.8 Å². The van der Waals surface area contributed by atoms with Crippen LogP contribution in [0.25, 0.3) is 10.9 Å². The number of carboxylic acids is 1. The molecule has 1 aromatic carbocycles. The van der Waals surface area contributed by atoms with Crippen LogP contribution in [0.15, 0.2) is 30.5 Å². The minimum atomic E-state index is -1.43. The van der Waals surface area contributed by atoms with Gasteiger partial charge in [0, 0.05) is 23.5 Å². The van der Waals surface area contributed by atoms with Crippen LogP contribution in [0.4, 0.5) is 0 Å². The molecule has 0 aliphatic carbocycles. The van der Waals surface area contributed by atoms with Gasteiger partial charge in [0.25, 0.3) is 0 Å². The lowest BCUT2D eigenvalue weighted by Crippen LogP contribution is -2.60. The normalized spacial score (nSPS) is 15.0. The molecule has 5 atom stereocenters. The third-order valence-corrected chi connectivity index (χ3v) is 6.70. The van der Waals surface area contributed by atoms with E-state index in [-0.39, 0.29) is 25.7 Å². The molecular formula is C25H36N6O7S. The van der Waals surface area contributed by atoms with Crippen molar-refractivity contribution in [2.24, 2.45) is 11.5 Å². The predicted octanol–water partition coefficient (Wildman–Crippen LogP) is -1.02. The summed E-state index contributed by atoms with van der Waals surface area (Å²) in [5, 5.41) is 27.8. The lowest BCUT2D eigenvalue weighted by molar-refractivity contribution is -0.142. The maximum atomic E-state index is 13.1. The van der Waals surface area contributed by atoms with E-state index < -0.39 is 59.9 Å². The summed E-state index contributed by atoms with van der Waals surface area (Å²) in [6.45, 7) is 1.30. The molecule has 0 bridgehead atoms. The molecule has 0 fully saturated rings. The van der Waals surface area contributed by atoms with Crippen LogP contribution in [-0.4, -0.2) is 87.1 Å². The number of fused-ring (bicyclic) bond motifs is 1. The molecule has 13 nitrogen and oxygen atoms in total. The Kier molecular flexibility index (Phi) is 12.2. The number of aliphatic hydroxyl groups excluding tert-OH is 1. The van der Waals surface area contributed by atoms with E-state index >= 15 is 0 Å². The van der Waals surface area contributed by atoms with Gasteiger partial charge in [-0.1, -0.05) is 18.2 Å². The molecule has 1 heterocycles. The molecule has 2 aromatic rings. The van der Waals surface area contributed by atoms with Crippen LogP contribution >= 0.6 is 11.8 Å². The summed E-state index contributed by atoms with van der Waals surface area (Å²) >= 11 is 1.40. The van der Waals surface area contributed by atoms with E-state index in [0.29, 0.717) is 5.75 Å². The van der Waals surface area contributed by atoms with Crippen LogP contribution < -0.4 is 27.4 Å². The molecule has 2 rings (SSSR count). The number of primary amides is 1. The van der Waals surface area contributed by atoms with Crippen molar-refractivity contribution in [3.63, 3.8) is 0 Å². The van der Waals surface area contributed by atoms with Gasteiger partial charge < -0.3 is 42.6 Å². The van der Waals surface area contributed by atoms with Gasteiger partial charge in [0.15, 0.2) is 0 Å². The van der Waals surface area contributed by atoms with Crippen molar-refractivity contribution in [2.75, 3.05) is 12.0 Å². The second-order valence-electron chi connectivity index (χ2n) is 9.14. The quantitative estimate of drug-likeness (QED) is 0.124. The lowest BCUT2D eigenvalue weighted by Gasteiger charge is -2.26. The summed E-state index contributed by atoms with van der Waals surface area (Å²) in [5.74, 6) is -3.95. The number of carbonyl (C=O) groups excluding carboxylic acids is 4. The molecule has 1 aromatic heterocycles. The Balaban J connectivity index is 2.08. The van der Waals surface area contributed by atoms with E-state index in [1.165, 1.54) is 18.7 Å². The average Bonchev–Trinajstić information content (AvgIpc) is 3.29. The standard InChI is InChI=1S/C25H36N6O7S/c1-13(32)21(31-22(34)16(26)11-14-12-28-17-6-4-3-5-15(14)17)24(36)29-18(9-10-39-2)23(35)30-19(25(37)38)7-8-20(27)33/h3-6,12-13,16,18-19,21,28,32H,7-11,26H2,1-2H3,(H2,27,33)(H,29,36)(H,30,35)(H,31,34)(H,37,38). The zero-order valence-electron chi connectivity index (χ0n) is 21.8. The number of para-hydroxylation sites is 1. The predicted molar refractivity (Wildman–Crippen MR) is 147 cm³/mol. The van der Waals surface area contributed by atoms with Crippen molar-refractivity contribution < 1.29 is 34.2 Å². The van der Waals surface area contributed by atoms with Crippen molar-refractivity contribution in [2.45, 2.75) is 62.9 Å². The highest BCUT2D eigenvalue weighted by molar-refractivity contribution is 7.98. The summed E-state index contributed by atoms with van der Waals surface area (Å²) in [6, 6.07) is 2.48. The first-order chi connectivity index (χ1) is 18.4. The fourth-order valence-corrected chi connectivity index (χ4v) is 4.35. The first-order valence-electron chi connectivity index (χ1n) is 12.3. The number of carbonyl (C=O) groups is 5. The van der Waals surface area contributed by atoms with E-state index in [2.05, 4.69) is 20.9 Å². The van der Waals surface area contributed by atoms with Crippen LogP contribution in [0, 0.1) is 0 Å². The third-order valence-electron chi connectivity index (χ3n) is 6.05. The topological polar surface area (TPSA) is 230 Å². The maximum Gasteiger partial charge on any atom is 0.326 e. The molecule has 0 radical (unpaired) electrons. The Morgan fingerprint density at radius 1 is 1.00 bits per heavy atom. The summed E-state index contributed by atoms with van der Waals surface area (Å²) in [5.41, 5.74) is 12.9. The third kappa shape index (κ3) is 9.57. The van der Waals surface area contributed by atoms with Gasteiger partial charge in [-0.3, -0.25) is 19.2 Å². The molecule has 14 heteroatoms. The molecular weight excluding hydrogens is 528 g/mol. The van der Waals surface area contributed by atoms with Crippen molar-refractivity contribution in [3.8, 4) is 0 Å². The maximum absolute atomic E-state index is 13.1. The number of aliphatic carboxylic acids is 1. The number of carboxylic acid groups (broad SMARTS) is 1. The summed E-state index contributed by atoms with van der Waals surface area (Å²) in [7, 11) is 0. The highest BCUT2D eigenvalue weighted by Crippen LogP contribution is 2.18. The minimum absolute atomic E-state index is 0.140. The van der Waals surface area contributed by atoms with Crippen molar-refractivity contribution in [1.82, 2.24) is 20.9 Å². The first kappa shape index (κ1) is 31.6. The van der Waals surface area contributed by atoms with Gasteiger partial charge in [0.2, 0.25) is 23.6 Å². The number of rotatable bonds is 16. The van der Waals surface area contributed by atoms with Crippen molar-refractivity contribution in [1.29, 1.82) is 0 Å². The number of nitrogens with one attached hydrogen (secondary N) is 4. The average molecular weight is 565 g/mol. The van der Waals surface area contributed by atoms with Gasteiger partial charge in [0.05, 0.1) is 12.1 Å². The highest BCUT2D eigenvalue weighted by atomic mass is 32.2. The number of H-pyrrole nitrogens is 1. The summed E-state index contributed by atoms with van der Waals surface area (Å²) in [6.07, 6.45) is 2.04. The SMILES string of the molecule is CSCCC(NC(=O)C(NC(=O)C(N)Cc1c[nH]c2ccccc12)C(C)O)C(=O)NC(CCC(N)=O)C(=O)O. The molecule has 0 aliphatic rings. The minimum Gasteiger partial charge on any atom is -0.480 e. The van der Waals surface area contributed by atoms with E-state index in [4.69, 9.17) is 11.5 Å². The molecule has 4 amide bonds. The van der Waals surface area contributed by atoms with Crippen molar-refractivity contribution >= 4 is 52.3 Å². The van der Waals surface area contributed by atoms with E-state index in [9.17, 15) is 34.2 Å². The number of nitrogens with two attached hydrogens (primary N) is 2. The Morgan fingerprint density at radius 2 is 1.67 bits per heavy atom. The van der Waals surface area contributed by atoms with E-state index in [1.54, 1.807) is 12.5 Å². The molecule has 0 aliphatic heterocycles. The highest BCUT2D eigenvalue weighted by Gasteiger charge is 2.32. The van der Waals surface area contributed by atoms with Crippen LogP contribution in [-0.2, 0) is 30.4 Å². The Hall–Kier alpha value is -3.62. The fourth-order valence-electron chi connectivity index (χ4n) is 3.88. The number of benzene rings is 1. The van der Waals surface area contributed by atoms with Crippen LogP contribution in [0.5, 0.6) is 0 Å². The second-order valence-corrected chi connectivity index (χ2v) is 10.1. The first-order valence-corrected chi connectivity index (χ1v) is 13.7. The zero-order valence-corrected chi connectivity index (χ0v) is 22.6. The lowest BCUT2D eigenvalue weighted by atomic mass is 10.0. The smallest absolute Gasteiger partial charge is 0.326 e. The molecule has 214 valence electrons. The largest absolute Gasteiger partial charge is 0.480 e. The van der Waals surface area contributed by atoms with Crippen LogP contribution in [0.3, 0.4) is 0 Å². The Labute approximate surface area is 229 Å². The second kappa shape index (κ2) is 15.1. The molecule has 0 saturated carbocycles. The van der Waals surface area contributed by atoms with Crippen LogP contribution in [0.2, 0.25) is 0 Å². The molecule has 0 saturated heterocycles. The number of hydrogen-bond donors (Lipinski definition) is 8. The number of aromatic amines is 1. The number of aromatic nitrogens is 1. The van der Waals surface area contributed by atoms with Crippen LogP contribution in [0.1, 0.15) is 31.7 Å². The zero-order chi connectivity index (χ0) is 29.1. The Morgan fingerprint density at radius 3 is 2.28 bits per heavy atom. The molecule has 39 heavy (non-hydrogen) atoms. The monoisotopic (exact) mass is 564 g/mol. The summed E-state index contributed by atoms with van der Waals surface area (Å²) < 4.78 is 0. The fraction of sp³-hybridized carbons (Fsp3) is 0.480. The van der Waals surface area contributed by atoms with Crippen molar-refractivity contribution in [3.05, 3.63) is 36.0 Å². The van der Waals surface area contributed by atoms with Gasteiger partial charge >= 0.3 is 5.97 Å². The number of amides is 4. The van der Waals surface area contributed by atoms with E-state index in [0.717, 1.165) is 16.5 Å².